The van der Waals surface area contributed by atoms with Gasteiger partial charge in [-0.2, -0.15) is 0 Å². The summed E-state index contributed by atoms with van der Waals surface area (Å²) < 4.78 is 6.14. The number of nitrogens with one attached hydrogen (secondary N) is 1. The molecule has 1 aromatic carbocycles. The molecule has 1 N–H and O–H groups in total. The monoisotopic (exact) mass is 326 g/mol. The summed E-state index contributed by atoms with van der Waals surface area (Å²) in [7, 11) is 0. The number of hydrogen-bond donors (Lipinski definition) is 1. The summed E-state index contributed by atoms with van der Waals surface area (Å²) in [5.74, 6) is 0.893. The Morgan fingerprint density at radius 3 is 3.00 bits per heavy atom. The molecule has 3 aromatic rings. The lowest BCUT2D eigenvalue weighted by atomic mass is 10.3. The van der Waals surface area contributed by atoms with E-state index in [4.69, 9.17) is 27.9 Å². The molecule has 0 aliphatic rings. The number of H-pyrrole nitrogens is 1. The van der Waals surface area contributed by atoms with Crippen molar-refractivity contribution in [2.24, 2.45) is 0 Å². The number of halogens is 2. The predicted octanol–water partition coefficient (Wildman–Crippen LogP) is 3.87. The zero-order valence-electron chi connectivity index (χ0n) is 10.0. The third-order valence-corrected chi connectivity index (χ3v) is 4.07. The van der Waals surface area contributed by atoms with Crippen molar-refractivity contribution in [1.82, 2.24) is 9.97 Å². The van der Waals surface area contributed by atoms with Crippen molar-refractivity contribution < 1.29 is 4.74 Å². The van der Waals surface area contributed by atoms with Crippen molar-refractivity contribution in [3.05, 3.63) is 55.9 Å². The lowest BCUT2D eigenvalue weighted by molar-refractivity contribution is 0.296. The number of ether oxygens (including phenoxy) is 1. The van der Waals surface area contributed by atoms with Gasteiger partial charge in [-0.25, -0.2) is 4.98 Å². The van der Waals surface area contributed by atoms with Crippen LogP contribution in [0.15, 0.2) is 34.4 Å². The van der Waals surface area contributed by atoms with E-state index in [2.05, 4.69) is 9.97 Å². The maximum absolute atomic E-state index is 11.8. The Hall–Kier alpha value is -1.56. The molecule has 2 heterocycles. The maximum atomic E-state index is 11.8. The Balaban J connectivity index is 1.86. The largest absolute Gasteiger partial charge is 0.484 e. The second-order valence-corrected chi connectivity index (χ2v) is 5.77. The number of aromatic amines is 1. The van der Waals surface area contributed by atoms with Crippen LogP contribution in [0.3, 0.4) is 0 Å². The minimum absolute atomic E-state index is 0.112. The van der Waals surface area contributed by atoms with Crippen LogP contribution < -0.4 is 10.3 Å². The van der Waals surface area contributed by atoms with Crippen LogP contribution >= 0.6 is 34.5 Å². The van der Waals surface area contributed by atoms with Crippen LogP contribution in [-0.4, -0.2) is 9.97 Å². The van der Waals surface area contributed by atoms with Gasteiger partial charge < -0.3 is 9.72 Å². The summed E-state index contributed by atoms with van der Waals surface area (Å²) in [6, 6.07) is 6.74. The Labute approximate surface area is 127 Å². The minimum atomic E-state index is -0.166. The number of rotatable bonds is 3. The molecule has 0 unspecified atom stereocenters. The van der Waals surface area contributed by atoms with Crippen LogP contribution in [0.5, 0.6) is 5.75 Å². The average Bonchev–Trinajstić information content (AvgIpc) is 2.89. The van der Waals surface area contributed by atoms with E-state index in [1.165, 1.54) is 11.3 Å². The topological polar surface area (TPSA) is 55.0 Å². The zero-order valence-corrected chi connectivity index (χ0v) is 12.4. The highest BCUT2D eigenvalue weighted by molar-refractivity contribution is 7.17. The van der Waals surface area contributed by atoms with Gasteiger partial charge in [0.15, 0.2) is 0 Å². The molecule has 102 valence electrons. The molecule has 0 fully saturated rings. The Kier molecular flexibility index (Phi) is 3.65. The molecule has 4 nitrogen and oxygen atoms in total. The van der Waals surface area contributed by atoms with Gasteiger partial charge in [0.05, 0.1) is 10.5 Å². The van der Waals surface area contributed by atoms with Gasteiger partial charge in [0.2, 0.25) is 0 Å². The molecule has 0 saturated heterocycles. The van der Waals surface area contributed by atoms with Crippen molar-refractivity contribution in [3.63, 3.8) is 0 Å². The lowest BCUT2D eigenvalue weighted by Gasteiger charge is -2.07. The summed E-state index contributed by atoms with van der Waals surface area (Å²) >= 11 is 13.2. The van der Waals surface area contributed by atoms with Gasteiger partial charge in [-0.1, -0.05) is 23.2 Å². The van der Waals surface area contributed by atoms with E-state index in [1.807, 2.05) is 5.38 Å². The minimum Gasteiger partial charge on any atom is -0.484 e. The zero-order chi connectivity index (χ0) is 14.1. The van der Waals surface area contributed by atoms with Crippen LogP contribution in [0.25, 0.3) is 10.2 Å². The summed E-state index contributed by atoms with van der Waals surface area (Å²) in [6.45, 7) is 0.112. The fraction of sp³-hybridized carbons (Fsp3) is 0.0769. The second kappa shape index (κ2) is 5.44. The summed E-state index contributed by atoms with van der Waals surface area (Å²) in [4.78, 5) is 18.8. The molecule has 0 bridgehead atoms. The van der Waals surface area contributed by atoms with E-state index in [0.717, 1.165) is 0 Å². The number of aromatic nitrogens is 2. The first-order valence-electron chi connectivity index (χ1n) is 5.68. The summed E-state index contributed by atoms with van der Waals surface area (Å²) in [5.41, 5.74) is 0.496. The van der Waals surface area contributed by atoms with E-state index in [1.54, 1.807) is 24.3 Å². The molecule has 0 amide bonds. The summed E-state index contributed by atoms with van der Waals surface area (Å²) in [6.07, 6.45) is 0. The van der Waals surface area contributed by atoms with Gasteiger partial charge in [-0.05, 0) is 23.6 Å². The fourth-order valence-corrected chi connectivity index (χ4v) is 2.78. The molecule has 2 aromatic heterocycles. The quantitative estimate of drug-likeness (QED) is 0.794. The van der Waals surface area contributed by atoms with Crippen LogP contribution in [-0.2, 0) is 6.61 Å². The molecule has 0 radical (unpaired) electrons. The first-order valence-corrected chi connectivity index (χ1v) is 7.31. The first kappa shape index (κ1) is 13.4. The number of benzene rings is 1. The Bertz CT molecular complexity index is 829. The Morgan fingerprint density at radius 1 is 1.30 bits per heavy atom. The number of thiophene rings is 1. The van der Waals surface area contributed by atoms with E-state index in [-0.39, 0.29) is 12.2 Å². The molecular weight excluding hydrogens is 319 g/mol. The van der Waals surface area contributed by atoms with Crippen LogP contribution in [0.1, 0.15) is 5.82 Å². The third-order valence-electron chi connectivity index (χ3n) is 2.62. The molecule has 0 spiro atoms. The SMILES string of the molecule is O=c1[nH]c(COc2cc(Cl)ccc2Cl)nc2ccsc12. The highest BCUT2D eigenvalue weighted by Gasteiger charge is 2.07. The van der Waals surface area contributed by atoms with Crippen molar-refractivity contribution in [2.75, 3.05) is 0 Å². The van der Waals surface area contributed by atoms with E-state index >= 15 is 0 Å². The van der Waals surface area contributed by atoms with E-state index in [9.17, 15) is 4.79 Å². The lowest BCUT2D eigenvalue weighted by Crippen LogP contribution is -2.12. The molecule has 20 heavy (non-hydrogen) atoms. The van der Waals surface area contributed by atoms with Gasteiger partial charge in [0.25, 0.3) is 5.56 Å². The molecule has 0 saturated carbocycles. The fourth-order valence-electron chi connectivity index (χ4n) is 1.72. The highest BCUT2D eigenvalue weighted by atomic mass is 35.5. The molecule has 0 atom stereocenters. The number of nitrogens with zero attached hydrogens (tertiary/aromatic N) is 1. The summed E-state index contributed by atoms with van der Waals surface area (Å²) in [5, 5.41) is 2.80. The van der Waals surface area contributed by atoms with Gasteiger partial charge >= 0.3 is 0 Å². The van der Waals surface area contributed by atoms with Crippen molar-refractivity contribution >= 4 is 44.8 Å². The Morgan fingerprint density at radius 2 is 2.15 bits per heavy atom. The molecule has 7 heteroatoms. The van der Waals surface area contributed by atoms with Gasteiger partial charge in [0, 0.05) is 11.1 Å². The average molecular weight is 327 g/mol. The molecule has 0 aliphatic carbocycles. The van der Waals surface area contributed by atoms with E-state index < -0.39 is 0 Å². The van der Waals surface area contributed by atoms with Gasteiger partial charge in [-0.3, -0.25) is 4.79 Å². The molecule has 0 aliphatic heterocycles. The third kappa shape index (κ3) is 2.65. The number of hydrogen-bond acceptors (Lipinski definition) is 4. The normalized spacial score (nSPS) is 10.9. The van der Waals surface area contributed by atoms with Crippen LogP contribution in [0, 0.1) is 0 Å². The maximum Gasteiger partial charge on any atom is 0.268 e. The first-order chi connectivity index (χ1) is 9.63. The van der Waals surface area contributed by atoms with Crippen LogP contribution in [0.4, 0.5) is 0 Å². The molecule has 3 rings (SSSR count). The number of fused-ring (bicyclic) bond motifs is 1. The highest BCUT2D eigenvalue weighted by Crippen LogP contribution is 2.28. The smallest absolute Gasteiger partial charge is 0.268 e. The second-order valence-electron chi connectivity index (χ2n) is 4.01. The van der Waals surface area contributed by atoms with Gasteiger partial charge in [-0.15, -0.1) is 11.3 Å². The predicted molar refractivity (Wildman–Crippen MR) is 81.0 cm³/mol. The molecular formula is C13H8Cl2N2O2S. The standard InChI is InChI=1S/C13H8Cl2N2O2S/c14-7-1-2-8(15)10(5-7)19-6-11-16-9-3-4-20-12(9)13(18)17-11/h1-5H,6H2,(H,16,17,18). The van der Waals surface area contributed by atoms with Crippen molar-refractivity contribution in [1.29, 1.82) is 0 Å². The van der Waals surface area contributed by atoms with Gasteiger partial charge in [0.1, 0.15) is 22.9 Å². The van der Waals surface area contributed by atoms with E-state index in [0.29, 0.717) is 31.8 Å². The van der Waals surface area contributed by atoms with Crippen molar-refractivity contribution in [3.8, 4) is 5.75 Å². The van der Waals surface area contributed by atoms with Crippen LogP contribution in [0.2, 0.25) is 10.0 Å². The van der Waals surface area contributed by atoms with Crippen molar-refractivity contribution in [2.45, 2.75) is 6.61 Å².